The Labute approximate surface area is 165 Å². The van der Waals surface area contributed by atoms with Gasteiger partial charge in [-0.15, -0.1) is 0 Å². The SMILES string of the molecule is CC1(C)COc2cc(C3CN(C(=O)N4CC[C@@H]5OCC(=O)C[C@@H]5C4)C3)ccc21. The minimum Gasteiger partial charge on any atom is -0.492 e. The van der Waals surface area contributed by atoms with Crippen LogP contribution in [0, 0.1) is 5.92 Å². The van der Waals surface area contributed by atoms with Crippen molar-refractivity contribution in [2.75, 3.05) is 39.4 Å². The van der Waals surface area contributed by atoms with Gasteiger partial charge in [0.1, 0.15) is 12.4 Å². The van der Waals surface area contributed by atoms with Gasteiger partial charge in [0.15, 0.2) is 5.78 Å². The second-order valence-corrected chi connectivity index (χ2v) is 9.40. The molecular formula is C22H28N2O4. The Morgan fingerprint density at radius 2 is 2.00 bits per heavy atom. The molecule has 4 aliphatic heterocycles. The molecular weight excluding hydrogens is 356 g/mol. The van der Waals surface area contributed by atoms with Crippen LogP contribution in [0.5, 0.6) is 5.75 Å². The van der Waals surface area contributed by atoms with Crippen LogP contribution in [0.4, 0.5) is 4.79 Å². The minimum absolute atomic E-state index is 0.0752. The molecule has 0 spiro atoms. The number of carbonyl (C=O) groups excluding carboxylic acids is 2. The predicted molar refractivity (Wildman–Crippen MR) is 104 cm³/mol. The van der Waals surface area contributed by atoms with Crippen LogP contribution >= 0.6 is 0 Å². The van der Waals surface area contributed by atoms with E-state index >= 15 is 0 Å². The van der Waals surface area contributed by atoms with E-state index in [0.717, 1.165) is 38.4 Å². The highest BCUT2D eigenvalue weighted by Crippen LogP contribution is 2.41. The molecule has 0 N–H and O–H groups in total. The van der Waals surface area contributed by atoms with Crippen molar-refractivity contribution in [1.82, 2.24) is 9.80 Å². The number of rotatable bonds is 1. The summed E-state index contributed by atoms with van der Waals surface area (Å²) >= 11 is 0. The monoisotopic (exact) mass is 384 g/mol. The number of hydrogen-bond donors (Lipinski definition) is 0. The molecule has 150 valence electrons. The molecule has 6 nitrogen and oxygen atoms in total. The van der Waals surface area contributed by atoms with Crippen LogP contribution in [0.15, 0.2) is 18.2 Å². The number of urea groups is 1. The molecule has 0 aromatic heterocycles. The zero-order chi connectivity index (χ0) is 19.5. The number of ether oxygens (including phenoxy) is 2. The number of benzene rings is 1. The molecule has 0 saturated carbocycles. The fraction of sp³-hybridized carbons (Fsp3) is 0.636. The first kappa shape index (κ1) is 18.0. The van der Waals surface area contributed by atoms with Crippen molar-refractivity contribution in [2.24, 2.45) is 5.92 Å². The molecule has 0 radical (unpaired) electrons. The van der Waals surface area contributed by atoms with Gasteiger partial charge in [-0.2, -0.15) is 0 Å². The van der Waals surface area contributed by atoms with E-state index in [-0.39, 0.29) is 35.9 Å². The lowest BCUT2D eigenvalue weighted by Gasteiger charge is -2.46. The van der Waals surface area contributed by atoms with Gasteiger partial charge in [0.2, 0.25) is 0 Å². The Hall–Kier alpha value is -2.08. The van der Waals surface area contributed by atoms with Crippen molar-refractivity contribution in [3.05, 3.63) is 29.3 Å². The molecule has 4 heterocycles. The number of piperidine rings is 1. The maximum absolute atomic E-state index is 12.9. The molecule has 4 aliphatic rings. The molecule has 5 rings (SSSR count). The van der Waals surface area contributed by atoms with Crippen LogP contribution in [0.2, 0.25) is 0 Å². The zero-order valence-corrected chi connectivity index (χ0v) is 16.6. The smallest absolute Gasteiger partial charge is 0.320 e. The summed E-state index contributed by atoms with van der Waals surface area (Å²) in [6.07, 6.45) is 1.52. The number of carbonyl (C=O) groups is 2. The summed E-state index contributed by atoms with van der Waals surface area (Å²) in [5, 5.41) is 0. The molecule has 0 unspecified atom stereocenters. The summed E-state index contributed by atoms with van der Waals surface area (Å²) in [6.45, 7) is 8.24. The summed E-state index contributed by atoms with van der Waals surface area (Å²) in [6, 6.07) is 6.64. The van der Waals surface area contributed by atoms with E-state index in [1.807, 2.05) is 9.80 Å². The molecule has 3 saturated heterocycles. The lowest BCUT2D eigenvalue weighted by molar-refractivity contribution is -0.140. The quantitative estimate of drug-likeness (QED) is 0.747. The number of nitrogens with zero attached hydrogens (tertiary/aromatic N) is 2. The van der Waals surface area contributed by atoms with E-state index < -0.39 is 0 Å². The van der Waals surface area contributed by atoms with Crippen LogP contribution in [0.3, 0.4) is 0 Å². The molecule has 0 aliphatic carbocycles. The first-order valence-electron chi connectivity index (χ1n) is 10.3. The lowest BCUT2D eigenvalue weighted by Crippen LogP contribution is -2.58. The second-order valence-electron chi connectivity index (χ2n) is 9.40. The standard InChI is InChI=1S/C22H28N2O4/c1-22(2)13-28-20-8-14(3-4-18(20)22)16-10-24(11-16)21(26)23-6-5-19-15(9-23)7-17(25)12-27-19/h3-4,8,15-16,19H,5-7,9-13H2,1-2H3/t15-,19+/m1/s1. The van der Waals surface area contributed by atoms with Gasteiger partial charge in [-0.05, 0) is 18.1 Å². The van der Waals surface area contributed by atoms with Gasteiger partial charge >= 0.3 is 6.03 Å². The topological polar surface area (TPSA) is 59.1 Å². The van der Waals surface area contributed by atoms with Crippen molar-refractivity contribution in [3.63, 3.8) is 0 Å². The first-order chi connectivity index (χ1) is 13.4. The summed E-state index contributed by atoms with van der Waals surface area (Å²) in [5.41, 5.74) is 2.60. The van der Waals surface area contributed by atoms with Crippen molar-refractivity contribution in [2.45, 2.75) is 44.1 Å². The van der Waals surface area contributed by atoms with E-state index in [1.54, 1.807) is 0 Å². The molecule has 2 atom stereocenters. The van der Waals surface area contributed by atoms with Gasteiger partial charge in [-0.3, -0.25) is 4.79 Å². The second kappa shape index (κ2) is 6.48. The third-order valence-corrected chi connectivity index (χ3v) is 6.83. The molecule has 2 amide bonds. The molecule has 6 heteroatoms. The van der Waals surface area contributed by atoms with E-state index in [0.29, 0.717) is 18.9 Å². The van der Waals surface area contributed by atoms with Crippen LogP contribution in [-0.2, 0) is 14.9 Å². The van der Waals surface area contributed by atoms with Gasteiger partial charge in [-0.1, -0.05) is 26.0 Å². The largest absolute Gasteiger partial charge is 0.492 e. The molecule has 3 fully saturated rings. The average molecular weight is 384 g/mol. The van der Waals surface area contributed by atoms with E-state index in [9.17, 15) is 9.59 Å². The summed E-state index contributed by atoms with van der Waals surface area (Å²) < 4.78 is 11.5. The number of ketones is 1. The number of fused-ring (bicyclic) bond motifs is 2. The van der Waals surface area contributed by atoms with E-state index in [4.69, 9.17) is 9.47 Å². The summed E-state index contributed by atoms with van der Waals surface area (Å²) in [4.78, 5) is 28.4. The fourth-order valence-electron chi connectivity index (χ4n) is 5.00. The van der Waals surface area contributed by atoms with Gasteiger partial charge in [0, 0.05) is 55.4 Å². The molecule has 28 heavy (non-hydrogen) atoms. The van der Waals surface area contributed by atoms with Crippen LogP contribution in [-0.4, -0.2) is 67.1 Å². The molecule has 1 aromatic rings. The molecule has 1 aromatic carbocycles. The summed E-state index contributed by atoms with van der Waals surface area (Å²) in [5.74, 6) is 1.69. The Bertz CT molecular complexity index is 815. The van der Waals surface area contributed by atoms with Gasteiger partial charge in [0.05, 0.1) is 12.7 Å². The van der Waals surface area contributed by atoms with Crippen molar-refractivity contribution in [1.29, 1.82) is 0 Å². The highest BCUT2D eigenvalue weighted by atomic mass is 16.5. The van der Waals surface area contributed by atoms with E-state index in [1.165, 1.54) is 11.1 Å². The number of hydrogen-bond acceptors (Lipinski definition) is 4. The van der Waals surface area contributed by atoms with Crippen LogP contribution in [0.25, 0.3) is 0 Å². The minimum atomic E-state index is 0.0752. The Kier molecular flexibility index (Phi) is 4.16. The normalized spacial score (nSPS) is 29.0. The van der Waals surface area contributed by atoms with Gasteiger partial charge in [0.25, 0.3) is 0 Å². The number of Topliss-reactive ketones (excluding diaryl/α,β-unsaturated/α-hetero) is 1. The maximum Gasteiger partial charge on any atom is 0.320 e. The van der Waals surface area contributed by atoms with Crippen LogP contribution < -0.4 is 4.74 Å². The third kappa shape index (κ3) is 2.98. The van der Waals surface area contributed by atoms with Crippen molar-refractivity contribution >= 4 is 11.8 Å². The molecule has 0 bridgehead atoms. The predicted octanol–water partition coefficient (Wildman–Crippen LogP) is 2.56. The lowest BCUT2D eigenvalue weighted by atomic mass is 9.84. The van der Waals surface area contributed by atoms with Crippen molar-refractivity contribution < 1.29 is 19.1 Å². The van der Waals surface area contributed by atoms with Crippen LogP contribution in [0.1, 0.15) is 43.7 Å². The number of likely N-dealkylation sites (tertiary alicyclic amines) is 2. The van der Waals surface area contributed by atoms with Gasteiger partial charge < -0.3 is 19.3 Å². The number of amides is 2. The summed E-state index contributed by atoms with van der Waals surface area (Å²) in [7, 11) is 0. The fourth-order valence-corrected chi connectivity index (χ4v) is 5.00. The Balaban J connectivity index is 1.19. The van der Waals surface area contributed by atoms with Gasteiger partial charge in [-0.25, -0.2) is 4.79 Å². The maximum atomic E-state index is 12.9. The zero-order valence-electron chi connectivity index (χ0n) is 16.6. The first-order valence-corrected chi connectivity index (χ1v) is 10.3. The highest BCUT2D eigenvalue weighted by Gasteiger charge is 2.41. The average Bonchev–Trinajstić information content (AvgIpc) is 2.94. The Morgan fingerprint density at radius 3 is 2.82 bits per heavy atom. The highest BCUT2D eigenvalue weighted by molar-refractivity contribution is 5.81. The van der Waals surface area contributed by atoms with E-state index in [2.05, 4.69) is 32.0 Å². The Morgan fingerprint density at radius 1 is 1.18 bits per heavy atom. The van der Waals surface area contributed by atoms with Crippen molar-refractivity contribution in [3.8, 4) is 5.75 Å². The third-order valence-electron chi connectivity index (χ3n) is 6.83.